The molecule has 0 saturated heterocycles. The molecule has 0 aliphatic carbocycles. The van der Waals surface area contributed by atoms with Crippen molar-refractivity contribution in [3.8, 4) is 17.1 Å². The summed E-state index contributed by atoms with van der Waals surface area (Å²) in [6, 6.07) is 5.26. The Bertz CT molecular complexity index is 573. The molecule has 1 heterocycles. The maximum atomic E-state index is 9.22. The Kier molecular flexibility index (Phi) is 3.79. The highest BCUT2D eigenvalue weighted by molar-refractivity contribution is 6.30. The molecule has 0 atom stereocenters. The molecule has 0 aliphatic heterocycles. The summed E-state index contributed by atoms with van der Waals surface area (Å²) in [5, 5.41) is 9.81. The Morgan fingerprint density at radius 1 is 1.39 bits per heavy atom. The lowest BCUT2D eigenvalue weighted by atomic mass is 10.1. The highest BCUT2D eigenvalue weighted by atomic mass is 35.5. The topological polar surface area (TPSA) is 55.2 Å². The summed E-state index contributed by atoms with van der Waals surface area (Å²) in [5.74, 6) is 1.12. The molecule has 1 N–H and O–H groups in total. The number of benzene rings is 1. The van der Waals surface area contributed by atoms with Crippen LogP contribution in [0.25, 0.3) is 11.4 Å². The van der Waals surface area contributed by atoms with E-state index in [1.807, 2.05) is 6.92 Å². The monoisotopic (exact) mass is 264 g/mol. The van der Waals surface area contributed by atoms with Crippen molar-refractivity contribution in [2.45, 2.75) is 13.5 Å². The summed E-state index contributed by atoms with van der Waals surface area (Å²) >= 11 is 5.91. The molecule has 2 aromatic rings. The number of halogens is 1. The molecule has 4 nitrogen and oxygen atoms in total. The zero-order valence-electron chi connectivity index (χ0n) is 10.1. The van der Waals surface area contributed by atoms with E-state index in [2.05, 4.69) is 9.97 Å². The minimum atomic E-state index is -0.114. The van der Waals surface area contributed by atoms with Gasteiger partial charge in [-0.3, -0.25) is 0 Å². The number of nitrogens with zero attached hydrogens (tertiary/aromatic N) is 2. The number of methoxy groups -OCH3 is 1. The smallest absolute Gasteiger partial charge is 0.163 e. The van der Waals surface area contributed by atoms with Crippen molar-refractivity contribution < 1.29 is 9.84 Å². The van der Waals surface area contributed by atoms with Gasteiger partial charge in [0.25, 0.3) is 0 Å². The molecule has 0 bridgehead atoms. The lowest BCUT2D eigenvalue weighted by Crippen LogP contribution is -2.00. The van der Waals surface area contributed by atoms with Gasteiger partial charge in [-0.05, 0) is 30.7 Å². The van der Waals surface area contributed by atoms with Crippen LogP contribution in [0.4, 0.5) is 0 Å². The van der Waals surface area contributed by atoms with Crippen molar-refractivity contribution in [1.29, 1.82) is 0 Å². The molecule has 0 radical (unpaired) electrons. The van der Waals surface area contributed by atoms with Crippen molar-refractivity contribution in [2.75, 3.05) is 7.11 Å². The van der Waals surface area contributed by atoms with E-state index in [4.69, 9.17) is 16.3 Å². The van der Waals surface area contributed by atoms with Crippen molar-refractivity contribution in [2.24, 2.45) is 0 Å². The number of ether oxygens (including phenoxy) is 1. The van der Waals surface area contributed by atoms with E-state index in [0.29, 0.717) is 22.3 Å². The van der Waals surface area contributed by atoms with E-state index < -0.39 is 0 Å². The van der Waals surface area contributed by atoms with Crippen molar-refractivity contribution in [1.82, 2.24) is 9.97 Å². The van der Waals surface area contributed by atoms with Crippen LogP contribution in [0.3, 0.4) is 0 Å². The van der Waals surface area contributed by atoms with Crippen molar-refractivity contribution in [3.63, 3.8) is 0 Å². The van der Waals surface area contributed by atoms with Crippen LogP contribution in [0.15, 0.2) is 24.4 Å². The average molecular weight is 265 g/mol. The van der Waals surface area contributed by atoms with Gasteiger partial charge in [0.2, 0.25) is 0 Å². The Balaban J connectivity index is 2.54. The molecule has 0 fully saturated rings. The van der Waals surface area contributed by atoms with Crippen LogP contribution in [-0.2, 0) is 6.61 Å². The van der Waals surface area contributed by atoms with E-state index in [1.54, 1.807) is 31.5 Å². The number of aliphatic hydroxyl groups is 1. The minimum absolute atomic E-state index is 0.114. The van der Waals surface area contributed by atoms with Gasteiger partial charge in [0.1, 0.15) is 5.75 Å². The molecule has 1 aromatic carbocycles. The zero-order valence-corrected chi connectivity index (χ0v) is 10.9. The normalized spacial score (nSPS) is 10.4. The summed E-state index contributed by atoms with van der Waals surface area (Å²) in [6.45, 7) is 1.74. The van der Waals surface area contributed by atoms with Crippen LogP contribution >= 0.6 is 11.6 Å². The van der Waals surface area contributed by atoms with Crippen molar-refractivity contribution >= 4 is 11.6 Å². The third-order valence-corrected chi connectivity index (χ3v) is 2.87. The zero-order chi connectivity index (χ0) is 13.1. The van der Waals surface area contributed by atoms with E-state index in [1.165, 1.54) is 0 Å². The standard InChI is InChI=1S/C13H13ClN2O2/c1-8-6-15-13(16-11(8)7-17)10-4-3-9(14)5-12(10)18-2/h3-6,17H,7H2,1-2H3. The van der Waals surface area contributed by atoms with Crippen LogP contribution in [-0.4, -0.2) is 22.2 Å². The van der Waals surface area contributed by atoms with Gasteiger partial charge in [-0.2, -0.15) is 0 Å². The van der Waals surface area contributed by atoms with Crippen LogP contribution in [0, 0.1) is 6.92 Å². The van der Waals surface area contributed by atoms with Crippen LogP contribution in [0.5, 0.6) is 5.75 Å². The third kappa shape index (κ3) is 2.44. The van der Waals surface area contributed by atoms with Gasteiger partial charge < -0.3 is 9.84 Å². The van der Waals surface area contributed by atoms with E-state index in [0.717, 1.165) is 11.1 Å². The SMILES string of the molecule is COc1cc(Cl)ccc1-c1ncc(C)c(CO)n1. The molecule has 18 heavy (non-hydrogen) atoms. The van der Waals surface area contributed by atoms with Crippen LogP contribution < -0.4 is 4.74 Å². The number of hydrogen-bond acceptors (Lipinski definition) is 4. The second-order valence-electron chi connectivity index (χ2n) is 3.83. The molecule has 0 spiro atoms. The molecular weight excluding hydrogens is 252 g/mol. The quantitative estimate of drug-likeness (QED) is 0.926. The summed E-state index contributed by atoms with van der Waals surface area (Å²) in [6.07, 6.45) is 1.68. The van der Waals surface area contributed by atoms with Crippen LogP contribution in [0.1, 0.15) is 11.3 Å². The largest absolute Gasteiger partial charge is 0.496 e. The fourth-order valence-electron chi connectivity index (χ4n) is 1.62. The first-order valence-electron chi connectivity index (χ1n) is 5.43. The lowest BCUT2D eigenvalue weighted by molar-refractivity contribution is 0.276. The predicted octanol–water partition coefficient (Wildman–Crippen LogP) is 2.61. The molecule has 0 unspecified atom stereocenters. The van der Waals surface area contributed by atoms with Crippen molar-refractivity contribution in [3.05, 3.63) is 40.7 Å². The highest BCUT2D eigenvalue weighted by Crippen LogP contribution is 2.30. The van der Waals surface area contributed by atoms with E-state index in [9.17, 15) is 5.11 Å². The van der Waals surface area contributed by atoms with Gasteiger partial charge in [0.15, 0.2) is 5.82 Å². The maximum absolute atomic E-state index is 9.22. The fraction of sp³-hybridized carbons (Fsp3) is 0.231. The average Bonchev–Trinajstić information content (AvgIpc) is 2.39. The van der Waals surface area contributed by atoms with Gasteiger partial charge in [-0.15, -0.1) is 0 Å². The number of aliphatic hydroxyl groups excluding tert-OH is 1. The molecule has 1 aromatic heterocycles. The molecule has 0 aliphatic rings. The highest BCUT2D eigenvalue weighted by Gasteiger charge is 2.11. The lowest BCUT2D eigenvalue weighted by Gasteiger charge is -2.09. The number of aryl methyl sites for hydroxylation is 1. The predicted molar refractivity (Wildman–Crippen MR) is 69.7 cm³/mol. The first-order chi connectivity index (χ1) is 8.65. The summed E-state index contributed by atoms with van der Waals surface area (Å²) in [7, 11) is 1.57. The Morgan fingerprint density at radius 2 is 2.17 bits per heavy atom. The molecule has 5 heteroatoms. The number of rotatable bonds is 3. The summed E-state index contributed by atoms with van der Waals surface area (Å²) < 4.78 is 5.26. The van der Waals surface area contributed by atoms with Gasteiger partial charge in [-0.1, -0.05) is 11.6 Å². The second kappa shape index (κ2) is 5.33. The maximum Gasteiger partial charge on any atom is 0.163 e. The first kappa shape index (κ1) is 12.8. The van der Waals surface area contributed by atoms with Gasteiger partial charge in [0, 0.05) is 11.2 Å². The van der Waals surface area contributed by atoms with Gasteiger partial charge >= 0.3 is 0 Å². The molecule has 2 rings (SSSR count). The molecule has 94 valence electrons. The molecule has 0 amide bonds. The Hall–Kier alpha value is -1.65. The number of aromatic nitrogens is 2. The van der Waals surface area contributed by atoms with Gasteiger partial charge in [-0.25, -0.2) is 9.97 Å². The Labute approximate surface area is 110 Å². The summed E-state index contributed by atoms with van der Waals surface area (Å²) in [4.78, 5) is 8.57. The summed E-state index contributed by atoms with van der Waals surface area (Å²) in [5.41, 5.74) is 2.21. The Morgan fingerprint density at radius 3 is 2.83 bits per heavy atom. The minimum Gasteiger partial charge on any atom is -0.496 e. The molecule has 0 saturated carbocycles. The number of hydrogen-bond donors (Lipinski definition) is 1. The fourth-order valence-corrected chi connectivity index (χ4v) is 1.78. The van der Waals surface area contributed by atoms with Gasteiger partial charge in [0.05, 0.1) is 25.0 Å². The van der Waals surface area contributed by atoms with E-state index in [-0.39, 0.29) is 6.61 Å². The first-order valence-corrected chi connectivity index (χ1v) is 5.80. The van der Waals surface area contributed by atoms with Crippen LogP contribution in [0.2, 0.25) is 5.02 Å². The van der Waals surface area contributed by atoms with E-state index >= 15 is 0 Å². The third-order valence-electron chi connectivity index (χ3n) is 2.63. The second-order valence-corrected chi connectivity index (χ2v) is 4.26. The molecular formula is C13H13ClN2O2.